The quantitative estimate of drug-likeness (QED) is 0.360. The van der Waals surface area contributed by atoms with Crippen LogP contribution in [0, 0.1) is 0 Å². The molecule has 35 heavy (non-hydrogen) atoms. The van der Waals surface area contributed by atoms with E-state index in [0.29, 0.717) is 30.1 Å². The van der Waals surface area contributed by atoms with Crippen LogP contribution in [0.15, 0.2) is 67.0 Å². The molecule has 180 valence electrons. The number of ether oxygens (including phenoxy) is 3. The minimum Gasteiger partial charge on any atom is -0.393 e. The maximum Gasteiger partial charge on any atom is 0.226 e. The SMILES string of the molecule is OC[C@@]12CO[C@@H]([C@H](n3cnc4c(NCc5ccccc5)nc(Cl)nc43)O1)[C@@H]2OCc1ccccc1. The monoisotopic (exact) mass is 493 g/mol. The van der Waals surface area contributed by atoms with Crippen LogP contribution in [0.3, 0.4) is 0 Å². The Morgan fingerprint density at radius 3 is 2.57 bits per heavy atom. The zero-order valence-corrected chi connectivity index (χ0v) is 19.5. The molecule has 4 aromatic rings. The first-order valence-corrected chi connectivity index (χ1v) is 11.8. The van der Waals surface area contributed by atoms with E-state index in [2.05, 4.69) is 20.3 Å². The summed E-state index contributed by atoms with van der Waals surface area (Å²) in [7, 11) is 0. The number of fused-ring (bicyclic) bond motifs is 3. The summed E-state index contributed by atoms with van der Waals surface area (Å²) in [4.78, 5) is 13.3. The van der Waals surface area contributed by atoms with E-state index >= 15 is 0 Å². The normalized spacial score (nSPS) is 25.4. The molecule has 9 nitrogen and oxygen atoms in total. The Hall–Kier alpha value is -3.08. The van der Waals surface area contributed by atoms with Gasteiger partial charge in [-0.05, 0) is 22.7 Å². The molecule has 6 rings (SSSR count). The maximum absolute atomic E-state index is 10.2. The molecule has 2 aliphatic rings. The van der Waals surface area contributed by atoms with Gasteiger partial charge in [0, 0.05) is 6.54 Å². The smallest absolute Gasteiger partial charge is 0.226 e. The van der Waals surface area contributed by atoms with Crippen molar-refractivity contribution in [3.63, 3.8) is 0 Å². The third-order valence-electron chi connectivity index (χ3n) is 6.48. The molecular formula is C25H24ClN5O4. The fourth-order valence-electron chi connectivity index (χ4n) is 4.72. The van der Waals surface area contributed by atoms with E-state index in [-0.39, 0.29) is 18.5 Å². The van der Waals surface area contributed by atoms with Crippen molar-refractivity contribution in [2.24, 2.45) is 0 Å². The molecule has 2 saturated heterocycles. The molecule has 4 heterocycles. The number of aromatic nitrogens is 4. The lowest BCUT2D eigenvalue weighted by Crippen LogP contribution is -2.45. The Morgan fingerprint density at radius 2 is 1.83 bits per heavy atom. The average Bonchev–Trinajstić information content (AvgIpc) is 3.57. The predicted molar refractivity (Wildman–Crippen MR) is 129 cm³/mol. The van der Waals surface area contributed by atoms with Gasteiger partial charge in [-0.25, -0.2) is 4.98 Å². The lowest BCUT2D eigenvalue weighted by Gasteiger charge is -2.29. The van der Waals surface area contributed by atoms with E-state index in [1.54, 1.807) is 10.9 Å². The largest absolute Gasteiger partial charge is 0.393 e. The van der Waals surface area contributed by atoms with E-state index < -0.39 is 24.0 Å². The van der Waals surface area contributed by atoms with E-state index in [1.165, 1.54) is 0 Å². The van der Waals surface area contributed by atoms with Gasteiger partial charge in [0.25, 0.3) is 0 Å². The number of hydrogen-bond donors (Lipinski definition) is 2. The molecule has 2 bridgehead atoms. The predicted octanol–water partition coefficient (Wildman–Crippen LogP) is 3.34. The van der Waals surface area contributed by atoms with Gasteiger partial charge in [-0.15, -0.1) is 0 Å². The maximum atomic E-state index is 10.2. The molecule has 2 N–H and O–H groups in total. The van der Waals surface area contributed by atoms with Crippen LogP contribution < -0.4 is 5.32 Å². The molecule has 10 heteroatoms. The average molecular weight is 494 g/mol. The highest BCUT2D eigenvalue weighted by Crippen LogP contribution is 2.47. The van der Waals surface area contributed by atoms with Crippen LogP contribution in [0.2, 0.25) is 5.28 Å². The third-order valence-corrected chi connectivity index (χ3v) is 6.65. The van der Waals surface area contributed by atoms with Gasteiger partial charge in [-0.2, -0.15) is 9.97 Å². The van der Waals surface area contributed by atoms with Crippen molar-refractivity contribution in [3.05, 3.63) is 83.4 Å². The summed E-state index contributed by atoms with van der Waals surface area (Å²) >= 11 is 6.28. The zero-order chi connectivity index (χ0) is 23.8. The molecule has 0 spiro atoms. The highest BCUT2D eigenvalue weighted by molar-refractivity contribution is 6.28. The van der Waals surface area contributed by atoms with Crippen molar-refractivity contribution < 1.29 is 19.3 Å². The minimum absolute atomic E-state index is 0.0904. The first-order chi connectivity index (χ1) is 17.2. The fourth-order valence-corrected chi connectivity index (χ4v) is 4.89. The van der Waals surface area contributed by atoms with Crippen molar-refractivity contribution in [1.29, 1.82) is 0 Å². The number of halogens is 1. The van der Waals surface area contributed by atoms with Gasteiger partial charge < -0.3 is 24.6 Å². The fraction of sp³-hybridized carbons (Fsp3) is 0.320. The van der Waals surface area contributed by atoms with Gasteiger partial charge in [0.1, 0.15) is 17.8 Å². The van der Waals surface area contributed by atoms with Crippen molar-refractivity contribution in [2.45, 2.75) is 37.2 Å². The highest BCUT2D eigenvalue weighted by atomic mass is 35.5. The molecule has 0 amide bonds. The summed E-state index contributed by atoms with van der Waals surface area (Å²) in [5.41, 5.74) is 2.24. The molecular weight excluding hydrogens is 470 g/mol. The van der Waals surface area contributed by atoms with Crippen LogP contribution >= 0.6 is 11.6 Å². The summed E-state index contributed by atoms with van der Waals surface area (Å²) in [6.07, 6.45) is 0.146. The summed E-state index contributed by atoms with van der Waals surface area (Å²) < 4.78 is 20.4. The third kappa shape index (κ3) is 4.05. The Morgan fingerprint density at radius 1 is 1.09 bits per heavy atom. The number of aliphatic hydroxyl groups is 1. The van der Waals surface area contributed by atoms with Crippen LogP contribution in [0.25, 0.3) is 11.2 Å². The van der Waals surface area contributed by atoms with Crippen molar-refractivity contribution in [2.75, 3.05) is 18.5 Å². The number of nitrogens with zero attached hydrogens (tertiary/aromatic N) is 4. The number of anilines is 1. The number of nitrogens with one attached hydrogen (secondary N) is 1. The Bertz CT molecular complexity index is 1320. The second-order valence-corrected chi connectivity index (χ2v) is 9.07. The highest BCUT2D eigenvalue weighted by Gasteiger charge is 2.63. The molecule has 2 aromatic heterocycles. The zero-order valence-electron chi connectivity index (χ0n) is 18.8. The summed E-state index contributed by atoms with van der Waals surface area (Å²) in [6.45, 7) is 0.961. The van der Waals surface area contributed by atoms with Crippen LogP contribution in [-0.4, -0.2) is 55.6 Å². The molecule has 4 atom stereocenters. The second-order valence-electron chi connectivity index (χ2n) is 8.73. The van der Waals surface area contributed by atoms with E-state index in [0.717, 1.165) is 11.1 Å². The van der Waals surface area contributed by atoms with Gasteiger partial charge in [0.15, 0.2) is 23.2 Å². The van der Waals surface area contributed by atoms with Gasteiger partial charge in [0.05, 0.1) is 26.1 Å². The first-order valence-electron chi connectivity index (χ1n) is 11.4. The van der Waals surface area contributed by atoms with Crippen molar-refractivity contribution in [3.8, 4) is 0 Å². The lowest BCUT2D eigenvalue weighted by atomic mass is 10.00. The molecule has 0 unspecified atom stereocenters. The van der Waals surface area contributed by atoms with E-state index in [9.17, 15) is 5.11 Å². The van der Waals surface area contributed by atoms with Crippen LogP contribution in [0.1, 0.15) is 17.4 Å². The molecule has 2 aliphatic heterocycles. The van der Waals surface area contributed by atoms with Crippen LogP contribution in [0.5, 0.6) is 0 Å². The Kier molecular flexibility index (Phi) is 5.87. The van der Waals surface area contributed by atoms with Gasteiger partial charge >= 0.3 is 0 Å². The molecule has 0 aliphatic carbocycles. The summed E-state index contributed by atoms with van der Waals surface area (Å²) in [5, 5.41) is 13.6. The Labute approximate surface area is 206 Å². The molecule has 2 aromatic carbocycles. The van der Waals surface area contributed by atoms with Gasteiger partial charge in [-0.3, -0.25) is 4.57 Å². The summed E-state index contributed by atoms with van der Waals surface area (Å²) in [5.74, 6) is 0.528. The van der Waals surface area contributed by atoms with E-state index in [1.807, 2.05) is 60.7 Å². The molecule has 2 fully saturated rings. The number of aliphatic hydroxyl groups excluding tert-OH is 1. The Balaban J connectivity index is 1.28. The van der Waals surface area contributed by atoms with Crippen LogP contribution in [-0.2, 0) is 27.4 Å². The topological polar surface area (TPSA) is 104 Å². The number of benzene rings is 2. The molecule has 0 radical (unpaired) electrons. The number of imidazole rings is 1. The first kappa shape index (κ1) is 22.4. The lowest BCUT2D eigenvalue weighted by molar-refractivity contribution is -0.187. The van der Waals surface area contributed by atoms with Gasteiger partial charge in [0.2, 0.25) is 5.28 Å². The van der Waals surface area contributed by atoms with Crippen LogP contribution in [0.4, 0.5) is 5.82 Å². The minimum atomic E-state index is -0.966. The van der Waals surface area contributed by atoms with Crippen molar-refractivity contribution >= 4 is 28.6 Å². The van der Waals surface area contributed by atoms with Crippen molar-refractivity contribution in [1.82, 2.24) is 19.5 Å². The van der Waals surface area contributed by atoms with E-state index in [4.69, 9.17) is 25.8 Å². The summed E-state index contributed by atoms with van der Waals surface area (Å²) in [6, 6.07) is 19.8. The number of hydrogen-bond acceptors (Lipinski definition) is 8. The van der Waals surface area contributed by atoms with Gasteiger partial charge in [-0.1, -0.05) is 60.7 Å². The number of rotatable bonds is 8. The standard InChI is InChI=1S/C25H24ClN5O4/c26-24-29-21(27-11-16-7-3-1-4-8-16)18-22(30-24)31(15-28-18)23-19-20(25(13-32,35-23)14-34-19)33-12-17-9-5-2-6-10-17/h1-10,15,19-20,23,32H,11-14H2,(H,27,29,30)/t19-,20+,23-,25+/m1/s1. The second kappa shape index (κ2) is 9.18. The molecule has 0 saturated carbocycles.